The number of nitrogens with zero attached hydrogens (tertiary/aromatic N) is 1. The second kappa shape index (κ2) is 7.58. The zero-order valence-corrected chi connectivity index (χ0v) is 12.6. The summed E-state index contributed by atoms with van der Waals surface area (Å²) >= 11 is 0. The van der Waals surface area contributed by atoms with Gasteiger partial charge in [0.2, 0.25) is 0 Å². The Kier molecular flexibility index (Phi) is 6.07. The lowest BCUT2D eigenvalue weighted by atomic mass is 9.81. The van der Waals surface area contributed by atoms with Crippen LogP contribution in [0.25, 0.3) is 0 Å². The predicted molar refractivity (Wildman–Crippen MR) is 77.5 cm³/mol. The van der Waals surface area contributed by atoms with Crippen LogP contribution in [0.4, 0.5) is 0 Å². The lowest BCUT2D eigenvalue weighted by Crippen LogP contribution is -2.54. The van der Waals surface area contributed by atoms with Crippen LogP contribution in [-0.4, -0.2) is 63.5 Å². The average molecular weight is 270 g/mol. The van der Waals surface area contributed by atoms with E-state index in [4.69, 9.17) is 9.47 Å². The first kappa shape index (κ1) is 15.2. The molecule has 0 aromatic rings. The smallest absolute Gasteiger partial charge is 0.0619 e. The molecule has 0 spiro atoms. The molecular weight excluding hydrogens is 240 g/mol. The van der Waals surface area contributed by atoms with Crippen LogP contribution < -0.4 is 5.32 Å². The fourth-order valence-corrected chi connectivity index (χ4v) is 3.19. The van der Waals surface area contributed by atoms with Crippen molar-refractivity contribution in [2.24, 2.45) is 5.41 Å². The van der Waals surface area contributed by atoms with E-state index in [0.29, 0.717) is 11.5 Å². The van der Waals surface area contributed by atoms with Gasteiger partial charge in [-0.1, -0.05) is 6.92 Å². The molecule has 0 aromatic heterocycles. The predicted octanol–water partition coefficient (Wildman–Crippen LogP) is 1.50. The van der Waals surface area contributed by atoms with E-state index in [1.165, 1.54) is 19.3 Å². The largest absolute Gasteiger partial charge is 0.381 e. The molecule has 4 heteroatoms. The van der Waals surface area contributed by atoms with Crippen molar-refractivity contribution < 1.29 is 9.47 Å². The van der Waals surface area contributed by atoms with Gasteiger partial charge in [0.15, 0.2) is 0 Å². The summed E-state index contributed by atoms with van der Waals surface area (Å²) in [6, 6.07) is 0.540. The third-order valence-electron chi connectivity index (χ3n) is 4.37. The highest BCUT2D eigenvalue weighted by Gasteiger charge is 2.36. The quantitative estimate of drug-likeness (QED) is 0.742. The lowest BCUT2D eigenvalue weighted by molar-refractivity contribution is -0.0621. The highest BCUT2D eigenvalue weighted by molar-refractivity contribution is 4.89. The molecular formula is C15H30N2O2. The molecule has 0 amide bonds. The summed E-state index contributed by atoms with van der Waals surface area (Å²) in [5.41, 5.74) is 0.305. The number of nitrogens with one attached hydrogen (secondary N) is 1. The van der Waals surface area contributed by atoms with Gasteiger partial charge in [-0.25, -0.2) is 0 Å². The number of rotatable bonds is 6. The molecule has 0 aliphatic carbocycles. The van der Waals surface area contributed by atoms with Gasteiger partial charge >= 0.3 is 0 Å². The maximum absolute atomic E-state index is 5.80. The average Bonchev–Trinajstić information content (AvgIpc) is 2.43. The zero-order valence-electron chi connectivity index (χ0n) is 12.6. The van der Waals surface area contributed by atoms with Gasteiger partial charge in [0.1, 0.15) is 0 Å². The minimum absolute atomic E-state index is 0.305. The van der Waals surface area contributed by atoms with Crippen molar-refractivity contribution in [1.82, 2.24) is 10.2 Å². The van der Waals surface area contributed by atoms with Crippen LogP contribution in [0.2, 0.25) is 0 Å². The highest BCUT2D eigenvalue weighted by atomic mass is 16.5. The van der Waals surface area contributed by atoms with Crippen molar-refractivity contribution in [3.8, 4) is 0 Å². The number of hydrogen-bond acceptors (Lipinski definition) is 4. The molecule has 2 heterocycles. The summed E-state index contributed by atoms with van der Waals surface area (Å²) in [6.45, 7) is 12.5. The van der Waals surface area contributed by atoms with E-state index in [1.807, 2.05) is 0 Å². The molecule has 2 saturated heterocycles. The Hall–Kier alpha value is -0.160. The van der Waals surface area contributed by atoms with Gasteiger partial charge in [-0.15, -0.1) is 0 Å². The van der Waals surface area contributed by atoms with Gasteiger partial charge in [0.05, 0.1) is 19.8 Å². The Morgan fingerprint density at radius 1 is 1.32 bits per heavy atom. The summed E-state index contributed by atoms with van der Waals surface area (Å²) in [5.74, 6) is 0. The lowest BCUT2D eigenvalue weighted by Gasteiger charge is -2.44. The van der Waals surface area contributed by atoms with Crippen LogP contribution in [0.15, 0.2) is 0 Å². The van der Waals surface area contributed by atoms with Crippen LogP contribution in [0.1, 0.15) is 33.1 Å². The molecule has 4 nitrogen and oxygen atoms in total. The topological polar surface area (TPSA) is 33.7 Å². The SMILES string of the molecule is CCCNCC1(CN2CCOCC2C)CCCOC1. The van der Waals surface area contributed by atoms with Gasteiger partial charge in [-0.3, -0.25) is 4.90 Å². The Morgan fingerprint density at radius 3 is 2.89 bits per heavy atom. The fraction of sp³-hybridized carbons (Fsp3) is 1.00. The summed E-state index contributed by atoms with van der Waals surface area (Å²) < 4.78 is 11.3. The fourth-order valence-electron chi connectivity index (χ4n) is 3.19. The minimum atomic E-state index is 0.305. The summed E-state index contributed by atoms with van der Waals surface area (Å²) in [7, 11) is 0. The Labute approximate surface area is 117 Å². The molecule has 2 rings (SSSR count). The highest BCUT2D eigenvalue weighted by Crippen LogP contribution is 2.30. The standard InChI is InChI=1S/C15H30N2O2/c1-3-6-16-11-15(5-4-8-19-13-15)12-17-7-9-18-10-14(17)2/h14,16H,3-13H2,1-2H3. The third kappa shape index (κ3) is 4.42. The van der Waals surface area contributed by atoms with Gasteiger partial charge in [-0.2, -0.15) is 0 Å². The Morgan fingerprint density at radius 2 is 2.21 bits per heavy atom. The first-order valence-corrected chi connectivity index (χ1v) is 7.86. The normalized spacial score (nSPS) is 33.5. The first-order chi connectivity index (χ1) is 9.26. The van der Waals surface area contributed by atoms with Gasteiger partial charge in [0, 0.05) is 37.7 Å². The molecule has 2 aliphatic heterocycles. The summed E-state index contributed by atoms with van der Waals surface area (Å²) in [4.78, 5) is 2.59. The molecule has 0 radical (unpaired) electrons. The van der Waals surface area contributed by atoms with E-state index in [0.717, 1.165) is 52.6 Å². The number of ether oxygens (including phenoxy) is 2. The summed E-state index contributed by atoms with van der Waals surface area (Å²) in [6.07, 6.45) is 3.69. The Balaban J connectivity index is 1.91. The van der Waals surface area contributed by atoms with Crippen LogP contribution in [0.3, 0.4) is 0 Å². The Bertz CT molecular complexity index is 255. The monoisotopic (exact) mass is 270 g/mol. The third-order valence-corrected chi connectivity index (χ3v) is 4.37. The zero-order chi connectivity index (χ0) is 13.6. The van der Waals surface area contributed by atoms with Crippen molar-refractivity contribution in [3.05, 3.63) is 0 Å². The molecule has 19 heavy (non-hydrogen) atoms. The van der Waals surface area contributed by atoms with E-state index in [1.54, 1.807) is 0 Å². The maximum Gasteiger partial charge on any atom is 0.0619 e. The molecule has 2 atom stereocenters. The van der Waals surface area contributed by atoms with E-state index in [2.05, 4.69) is 24.1 Å². The van der Waals surface area contributed by atoms with Crippen LogP contribution in [-0.2, 0) is 9.47 Å². The van der Waals surface area contributed by atoms with Gasteiger partial charge < -0.3 is 14.8 Å². The van der Waals surface area contributed by atoms with Crippen molar-refractivity contribution in [2.75, 3.05) is 52.6 Å². The molecule has 0 saturated carbocycles. The van der Waals surface area contributed by atoms with Crippen molar-refractivity contribution >= 4 is 0 Å². The number of morpholine rings is 1. The van der Waals surface area contributed by atoms with E-state index in [-0.39, 0.29) is 0 Å². The minimum Gasteiger partial charge on any atom is -0.381 e. The molecule has 2 unspecified atom stereocenters. The molecule has 112 valence electrons. The second-order valence-corrected chi connectivity index (χ2v) is 6.23. The van der Waals surface area contributed by atoms with Crippen molar-refractivity contribution in [2.45, 2.75) is 39.2 Å². The molecule has 2 fully saturated rings. The summed E-state index contributed by atoms with van der Waals surface area (Å²) in [5, 5.41) is 3.61. The molecule has 0 aromatic carbocycles. The van der Waals surface area contributed by atoms with Gasteiger partial charge in [-0.05, 0) is 32.7 Å². The molecule has 0 bridgehead atoms. The molecule has 2 aliphatic rings. The second-order valence-electron chi connectivity index (χ2n) is 6.23. The number of hydrogen-bond donors (Lipinski definition) is 1. The van der Waals surface area contributed by atoms with Gasteiger partial charge in [0.25, 0.3) is 0 Å². The van der Waals surface area contributed by atoms with E-state index in [9.17, 15) is 0 Å². The van der Waals surface area contributed by atoms with Crippen molar-refractivity contribution in [3.63, 3.8) is 0 Å². The van der Waals surface area contributed by atoms with Crippen LogP contribution in [0, 0.1) is 5.41 Å². The maximum atomic E-state index is 5.80. The van der Waals surface area contributed by atoms with E-state index >= 15 is 0 Å². The molecule has 1 N–H and O–H groups in total. The van der Waals surface area contributed by atoms with Crippen LogP contribution in [0.5, 0.6) is 0 Å². The first-order valence-electron chi connectivity index (χ1n) is 7.86. The van der Waals surface area contributed by atoms with Crippen LogP contribution >= 0.6 is 0 Å². The van der Waals surface area contributed by atoms with Crippen molar-refractivity contribution in [1.29, 1.82) is 0 Å². The van der Waals surface area contributed by atoms with E-state index < -0.39 is 0 Å².